The minimum Gasteiger partial charge on any atom is -0.378 e. The van der Waals surface area contributed by atoms with Gasteiger partial charge >= 0.3 is 6.03 Å². The summed E-state index contributed by atoms with van der Waals surface area (Å²) in [6, 6.07) is 1.63. The standard InChI is InChI=1S/C12H19N3O3/c1-9(2)7-10-8-11(14-18-10)13-12(16)15-3-5-17-6-4-15/h8-9H,3-7H2,1-2H3,(H,13,14,16). The fraction of sp³-hybridized carbons (Fsp3) is 0.667. The molecular weight excluding hydrogens is 234 g/mol. The number of aromatic nitrogens is 1. The molecule has 6 heteroatoms. The number of nitrogens with one attached hydrogen (secondary N) is 1. The Balaban J connectivity index is 1.88. The lowest BCUT2D eigenvalue weighted by Crippen LogP contribution is -2.43. The first-order chi connectivity index (χ1) is 8.65. The third-order valence-electron chi connectivity index (χ3n) is 2.70. The van der Waals surface area contributed by atoms with Crippen LogP contribution in [0.1, 0.15) is 19.6 Å². The van der Waals surface area contributed by atoms with Crippen LogP contribution in [0.2, 0.25) is 0 Å². The van der Waals surface area contributed by atoms with Crippen molar-refractivity contribution < 1.29 is 14.1 Å². The summed E-state index contributed by atoms with van der Waals surface area (Å²) in [5.41, 5.74) is 0. The van der Waals surface area contributed by atoms with Gasteiger partial charge in [-0.15, -0.1) is 0 Å². The van der Waals surface area contributed by atoms with E-state index in [4.69, 9.17) is 9.26 Å². The number of morpholine rings is 1. The minimum absolute atomic E-state index is 0.150. The summed E-state index contributed by atoms with van der Waals surface area (Å²) in [6.45, 7) is 6.61. The van der Waals surface area contributed by atoms with Crippen LogP contribution in [0.15, 0.2) is 10.6 Å². The van der Waals surface area contributed by atoms with Gasteiger partial charge < -0.3 is 14.2 Å². The highest BCUT2D eigenvalue weighted by molar-refractivity contribution is 5.88. The topological polar surface area (TPSA) is 67.6 Å². The van der Waals surface area contributed by atoms with Crippen LogP contribution in [0.3, 0.4) is 0 Å². The van der Waals surface area contributed by atoms with Gasteiger partial charge in [0.05, 0.1) is 13.2 Å². The summed E-state index contributed by atoms with van der Waals surface area (Å²) < 4.78 is 10.3. The number of hydrogen-bond acceptors (Lipinski definition) is 4. The highest BCUT2D eigenvalue weighted by Gasteiger charge is 2.18. The summed E-state index contributed by atoms with van der Waals surface area (Å²) in [5, 5.41) is 6.57. The number of rotatable bonds is 3. The summed E-state index contributed by atoms with van der Waals surface area (Å²) in [7, 11) is 0. The Bertz CT molecular complexity index is 397. The summed E-state index contributed by atoms with van der Waals surface area (Å²) in [6.07, 6.45) is 0.820. The monoisotopic (exact) mass is 253 g/mol. The molecule has 0 unspecified atom stereocenters. The average Bonchev–Trinajstić information content (AvgIpc) is 2.76. The number of carbonyl (C=O) groups is 1. The van der Waals surface area contributed by atoms with E-state index in [1.165, 1.54) is 0 Å². The van der Waals surface area contributed by atoms with Crippen LogP contribution < -0.4 is 5.32 Å². The molecule has 2 heterocycles. The van der Waals surface area contributed by atoms with E-state index >= 15 is 0 Å². The first-order valence-electron chi connectivity index (χ1n) is 6.24. The highest BCUT2D eigenvalue weighted by Crippen LogP contribution is 2.13. The quantitative estimate of drug-likeness (QED) is 0.891. The van der Waals surface area contributed by atoms with Gasteiger partial charge in [-0.2, -0.15) is 0 Å². The summed E-state index contributed by atoms with van der Waals surface area (Å²) in [4.78, 5) is 13.6. The van der Waals surface area contributed by atoms with Crippen LogP contribution in [-0.2, 0) is 11.2 Å². The van der Waals surface area contributed by atoms with Crippen molar-refractivity contribution in [1.29, 1.82) is 0 Å². The number of nitrogens with zero attached hydrogens (tertiary/aromatic N) is 2. The van der Waals surface area contributed by atoms with E-state index in [-0.39, 0.29) is 6.03 Å². The molecule has 1 fully saturated rings. The molecule has 1 aliphatic rings. The predicted molar refractivity (Wildman–Crippen MR) is 66.5 cm³/mol. The SMILES string of the molecule is CC(C)Cc1cc(NC(=O)N2CCOCC2)no1. The van der Waals surface area contributed by atoms with Gasteiger partial charge in [-0.25, -0.2) is 4.79 Å². The van der Waals surface area contributed by atoms with Gasteiger partial charge in [-0.05, 0) is 5.92 Å². The maximum absolute atomic E-state index is 11.9. The second kappa shape index (κ2) is 5.86. The number of hydrogen-bond donors (Lipinski definition) is 1. The van der Waals surface area contributed by atoms with Crippen molar-refractivity contribution in [3.8, 4) is 0 Å². The van der Waals surface area contributed by atoms with Gasteiger partial charge in [0.15, 0.2) is 5.82 Å². The molecule has 2 rings (SSSR count). The molecular formula is C12H19N3O3. The highest BCUT2D eigenvalue weighted by atomic mass is 16.5. The van der Waals surface area contributed by atoms with E-state index in [0.29, 0.717) is 38.0 Å². The van der Waals surface area contributed by atoms with Gasteiger partial charge in [0.1, 0.15) is 5.76 Å². The van der Waals surface area contributed by atoms with Crippen LogP contribution in [0.5, 0.6) is 0 Å². The van der Waals surface area contributed by atoms with Crippen LogP contribution in [-0.4, -0.2) is 42.4 Å². The second-order valence-electron chi connectivity index (χ2n) is 4.81. The normalized spacial score (nSPS) is 16.1. The zero-order valence-corrected chi connectivity index (χ0v) is 10.8. The zero-order valence-electron chi connectivity index (χ0n) is 10.8. The molecule has 0 saturated carbocycles. The largest absolute Gasteiger partial charge is 0.378 e. The molecule has 6 nitrogen and oxygen atoms in total. The Kier molecular flexibility index (Phi) is 4.19. The predicted octanol–water partition coefficient (Wildman–Crippen LogP) is 1.74. The first kappa shape index (κ1) is 12.9. The lowest BCUT2D eigenvalue weighted by Gasteiger charge is -2.26. The van der Waals surface area contributed by atoms with Crippen molar-refractivity contribution in [1.82, 2.24) is 10.1 Å². The fourth-order valence-electron chi connectivity index (χ4n) is 1.83. The molecule has 100 valence electrons. The molecule has 1 aliphatic heterocycles. The Morgan fingerprint density at radius 1 is 1.50 bits per heavy atom. The lowest BCUT2D eigenvalue weighted by molar-refractivity contribution is 0.0564. The maximum Gasteiger partial charge on any atom is 0.323 e. The minimum atomic E-state index is -0.150. The van der Waals surface area contributed by atoms with Crippen molar-refractivity contribution in [2.75, 3.05) is 31.6 Å². The molecule has 0 spiro atoms. The van der Waals surface area contributed by atoms with Crippen molar-refractivity contribution in [2.24, 2.45) is 5.92 Å². The molecule has 0 bridgehead atoms. The molecule has 0 aromatic carbocycles. The van der Waals surface area contributed by atoms with E-state index in [9.17, 15) is 4.79 Å². The molecule has 18 heavy (non-hydrogen) atoms. The molecule has 0 atom stereocenters. The molecule has 1 N–H and O–H groups in total. The molecule has 0 radical (unpaired) electrons. The van der Waals surface area contributed by atoms with E-state index in [2.05, 4.69) is 24.3 Å². The Hall–Kier alpha value is -1.56. The number of anilines is 1. The van der Waals surface area contributed by atoms with Gasteiger partial charge in [0, 0.05) is 25.6 Å². The van der Waals surface area contributed by atoms with E-state index in [0.717, 1.165) is 12.2 Å². The molecule has 1 aromatic heterocycles. The van der Waals surface area contributed by atoms with Gasteiger partial charge in [-0.3, -0.25) is 5.32 Å². The van der Waals surface area contributed by atoms with E-state index in [1.54, 1.807) is 11.0 Å². The van der Waals surface area contributed by atoms with Crippen LogP contribution in [0, 0.1) is 5.92 Å². The van der Waals surface area contributed by atoms with Crippen LogP contribution >= 0.6 is 0 Å². The van der Waals surface area contributed by atoms with Crippen LogP contribution in [0.25, 0.3) is 0 Å². The van der Waals surface area contributed by atoms with Crippen molar-refractivity contribution in [3.63, 3.8) is 0 Å². The van der Waals surface area contributed by atoms with Gasteiger partial charge in [0.2, 0.25) is 0 Å². The number of carbonyl (C=O) groups excluding carboxylic acids is 1. The number of amides is 2. The zero-order chi connectivity index (χ0) is 13.0. The van der Waals surface area contributed by atoms with Crippen molar-refractivity contribution in [2.45, 2.75) is 20.3 Å². The van der Waals surface area contributed by atoms with Gasteiger partial charge in [0.25, 0.3) is 0 Å². The number of urea groups is 1. The average molecular weight is 253 g/mol. The Labute approximate surface area is 106 Å². The van der Waals surface area contributed by atoms with Crippen molar-refractivity contribution >= 4 is 11.8 Å². The van der Waals surface area contributed by atoms with E-state index < -0.39 is 0 Å². The third kappa shape index (κ3) is 3.46. The molecule has 2 amide bonds. The van der Waals surface area contributed by atoms with E-state index in [1.807, 2.05) is 0 Å². The van der Waals surface area contributed by atoms with Gasteiger partial charge in [-0.1, -0.05) is 19.0 Å². The number of ether oxygens (including phenoxy) is 1. The molecule has 1 saturated heterocycles. The second-order valence-corrected chi connectivity index (χ2v) is 4.81. The first-order valence-corrected chi connectivity index (χ1v) is 6.24. The van der Waals surface area contributed by atoms with Crippen molar-refractivity contribution in [3.05, 3.63) is 11.8 Å². The molecule has 1 aromatic rings. The summed E-state index contributed by atoms with van der Waals surface area (Å²) >= 11 is 0. The lowest BCUT2D eigenvalue weighted by atomic mass is 10.1. The maximum atomic E-state index is 11.9. The smallest absolute Gasteiger partial charge is 0.323 e. The van der Waals surface area contributed by atoms with Crippen LogP contribution in [0.4, 0.5) is 10.6 Å². The summed E-state index contributed by atoms with van der Waals surface area (Å²) in [5.74, 6) is 1.77. The molecule has 0 aliphatic carbocycles. The Morgan fingerprint density at radius 3 is 2.89 bits per heavy atom. The fourth-order valence-corrected chi connectivity index (χ4v) is 1.83. The third-order valence-corrected chi connectivity index (χ3v) is 2.70. The Morgan fingerprint density at radius 2 is 2.22 bits per heavy atom.